The number of anilines is 1. The zero-order valence-electron chi connectivity index (χ0n) is 15.2. The molecule has 1 aromatic heterocycles. The van der Waals surface area contributed by atoms with E-state index in [2.05, 4.69) is 29.2 Å². The Morgan fingerprint density at radius 2 is 1.92 bits per heavy atom. The van der Waals surface area contributed by atoms with E-state index in [4.69, 9.17) is 16.3 Å². The number of nitrogens with zero attached hydrogens (tertiary/aromatic N) is 3. The van der Waals surface area contributed by atoms with Gasteiger partial charge in [-0.1, -0.05) is 29.8 Å². The third-order valence-corrected chi connectivity index (χ3v) is 4.75. The van der Waals surface area contributed by atoms with Gasteiger partial charge in [-0.2, -0.15) is 9.78 Å². The van der Waals surface area contributed by atoms with Crippen LogP contribution in [0, 0.1) is 0 Å². The first-order chi connectivity index (χ1) is 12.5. The van der Waals surface area contributed by atoms with E-state index in [9.17, 15) is 4.79 Å². The largest absolute Gasteiger partial charge is 0.382 e. The van der Waals surface area contributed by atoms with Crippen molar-refractivity contribution in [2.24, 2.45) is 0 Å². The number of rotatable bonds is 6. The van der Waals surface area contributed by atoms with Crippen LogP contribution in [0.5, 0.6) is 0 Å². The number of benzene rings is 1. The lowest BCUT2D eigenvalue weighted by Crippen LogP contribution is -2.45. The maximum absolute atomic E-state index is 12.4. The van der Waals surface area contributed by atoms with Crippen molar-refractivity contribution in [2.75, 3.05) is 31.5 Å². The van der Waals surface area contributed by atoms with Crippen molar-refractivity contribution >= 4 is 17.3 Å². The molecule has 0 aliphatic carbocycles. The number of nitrogens with one attached hydrogen (secondary N) is 1. The molecule has 2 atom stereocenters. The van der Waals surface area contributed by atoms with Crippen LogP contribution >= 0.6 is 11.6 Å². The molecular weight excluding hydrogens is 352 g/mol. The zero-order chi connectivity index (χ0) is 18.5. The van der Waals surface area contributed by atoms with Crippen LogP contribution in [0.1, 0.15) is 20.3 Å². The van der Waals surface area contributed by atoms with E-state index in [-0.39, 0.29) is 22.8 Å². The molecule has 26 heavy (non-hydrogen) atoms. The molecule has 1 aliphatic heterocycles. The first-order valence-corrected chi connectivity index (χ1v) is 9.37. The van der Waals surface area contributed by atoms with Crippen LogP contribution in [0.25, 0.3) is 5.69 Å². The molecule has 1 fully saturated rings. The van der Waals surface area contributed by atoms with Gasteiger partial charge in [-0.25, -0.2) is 0 Å². The Balaban J connectivity index is 1.56. The number of halogens is 1. The molecule has 7 heteroatoms. The van der Waals surface area contributed by atoms with E-state index in [0.717, 1.165) is 32.6 Å². The van der Waals surface area contributed by atoms with E-state index < -0.39 is 0 Å². The van der Waals surface area contributed by atoms with Gasteiger partial charge in [0, 0.05) is 26.2 Å². The van der Waals surface area contributed by atoms with Gasteiger partial charge >= 0.3 is 0 Å². The molecular formula is C19H25ClN4O2. The standard InChI is InChI=1S/C19H25ClN4O2/c1-14-12-23(13-15(2)26-14)10-6-9-21-17-11-22-24(19(25)18(17)20)16-7-4-3-5-8-16/h3-5,7-8,11,14-15,21H,6,9-10,12-13H2,1-2H3/t14-,15-/m0/s1. The Hall–Kier alpha value is -1.89. The summed E-state index contributed by atoms with van der Waals surface area (Å²) >= 11 is 6.25. The minimum Gasteiger partial charge on any atom is -0.382 e. The average Bonchev–Trinajstić information content (AvgIpc) is 2.62. The molecule has 140 valence electrons. The molecule has 2 heterocycles. The first-order valence-electron chi connectivity index (χ1n) is 8.99. The topological polar surface area (TPSA) is 59.4 Å². The highest BCUT2D eigenvalue weighted by atomic mass is 35.5. The lowest BCUT2D eigenvalue weighted by Gasteiger charge is -2.35. The van der Waals surface area contributed by atoms with E-state index in [0.29, 0.717) is 11.4 Å². The van der Waals surface area contributed by atoms with Gasteiger partial charge in [0.25, 0.3) is 5.56 Å². The molecule has 1 saturated heterocycles. The Labute approximate surface area is 158 Å². The highest BCUT2D eigenvalue weighted by molar-refractivity contribution is 6.32. The second-order valence-corrected chi connectivity index (χ2v) is 7.10. The molecule has 1 N–H and O–H groups in total. The molecule has 1 aromatic carbocycles. The fourth-order valence-electron chi connectivity index (χ4n) is 3.30. The summed E-state index contributed by atoms with van der Waals surface area (Å²) in [5.41, 5.74) is 0.952. The quantitative estimate of drug-likeness (QED) is 0.785. The van der Waals surface area contributed by atoms with E-state index in [1.54, 1.807) is 6.20 Å². The van der Waals surface area contributed by atoms with E-state index in [1.807, 2.05) is 30.3 Å². The molecule has 0 bridgehead atoms. The van der Waals surface area contributed by atoms with E-state index >= 15 is 0 Å². The lowest BCUT2D eigenvalue weighted by molar-refractivity contribution is -0.0678. The van der Waals surface area contributed by atoms with E-state index in [1.165, 1.54) is 4.68 Å². The van der Waals surface area contributed by atoms with Gasteiger partial charge in [0.2, 0.25) is 0 Å². The Morgan fingerprint density at radius 3 is 2.62 bits per heavy atom. The molecule has 2 aromatic rings. The molecule has 0 spiro atoms. The van der Waals surface area contributed by atoms with Crippen molar-refractivity contribution < 1.29 is 4.74 Å². The first kappa shape index (κ1) is 18.9. The van der Waals surface area contributed by atoms with Crippen molar-refractivity contribution in [3.63, 3.8) is 0 Å². The van der Waals surface area contributed by atoms with Gasteiger partial charge in [-0.3, -0.25) is 9.69 Å². The van der Waals surface area contributed by atoms with Crippen LogP contribution in [-0.2, 0) is 4.74 Å². The summed E-state index contributed by atoms with van der Waals surface area (Å²) in [7, 11) is 0. The van der Waals surface area contributed by atoms with Crippen molar-refractivity contribution in [1.29, 1.82) is 0 Å². The third-order valence-electron chi connectivity index (χ3n) is 4.38. The predicted octanol–water partition coefficient (Wildman–Crippen LogP) is 2.80. The Kier molecular flexibility index (Phi) is 6.29. The molecule has 0 unspecified atom stereocenters. The summed E-state index contributed by atoms with van der Waals surface area (Å²) in [4.78, 5) is 14.9. The lowest BCUT2D eigenvalue weighted by atomic mass is 10.2. The normalized spacial score (nSPS) is 20.9. The number of para-hydroxylation sites is 1. The fraction of sp³-hybridized carbons (Fsp3) is 0.474. The maximum atomic E-state index is 12.4. The Morgan fingerprint density at radius 1 is 1.23 bits per heavy atom. The molecule has 0 saturated carbocycles. The third kappa shape index (κ3) is 4.63. The van der Waals surface area contributed by atoms with Crippen LogP contribution in [0.3, 0.4) is 0 Å². The van der Waals surface area contributed by atoms with Crippen LogP contribution in [-0.4, -0.2) is 53.1 Å². The second-order valence-electron chi connectivity index (χ2n) is 6.72. The van der Waals surface area contributed by atoms with Crippen LogP contribution in [0.4, 0.5) is 5.69 Å². The number of hydrogen-bond acceptors (Lipinski definition) is 5. The second kappa shape index (κ2) is 8.66. The Bertz CT molecular complexity index is 771. The summed E-state index contributed by atoms with van der Waals surface area (Å²) in [6, 6.07) is 9.25. The van der Waals surface area contributed by atoms with Gasteiger partial charge in [-0.15, -0.1) is 0 Å². The SMILES string of the molecule is C[C@H]1CN(CCCNc2cnn(-c3ccccc3)c(=O)c2Cl)C[C@H](C)O1. The number of aromatic nitrogens is 2. The minimum atomic E-state index is -0.321. The highest BCUT2D eigenvalue weighted by Crippen LogP contribution is 2.17. The summed E-state index contributed by atoms with van der Waals surface area (Å²) in [6.07, 6.45) is 3.11. The van der Waals surface area contributed by atoms with Gasteiger partial charge in [0.15, 0.2) is 0 Å². The van der Waals surface area contributed by atoms with Gasteiger partial charge < -0.3 is 10.1 Å². The number of hydrogen-bond donors (Lipinski definition) is 1. The molecule has 6 nitrogen and oxygen atoms in total. The predicted molar refractivity (Wildman–Crippen MR) is 104 cm³/mol. The number of ether oxygens (including phenoxy) is 1. The summed E-state index contributed by atoms with van der Waals surface area (Å²) < 4.78 is 7.06. The highest BCUT2D eigenvalue weighted by Gasteiger charge is 2.21. The monoisotopic (exact) mass is 376 g/mol. The minimum absolute atomic E-state index is 0.164. The molecule has 0 radical (unpaired) electrons. The molecule has 0 amide bonds. The summed E-state index contributed by atoms with van der Waals surface area (Å²) in [5, 5.41) is 7.62. The number of morpholine rings is 1. The fourth-order valence-corrected chi connectivity index (χ4v) is 3.50. The van der Waals surface area contributed by atoms with Gasteiger partial charge in [0.05, 0.1) is 29.8 Å². The van der Waals surface area contributed by atoms with Gasteiger partial charge in [-0.05, 0) is 32.4 Å². The van der Waals surface area contributed by atoms with Crippen molar-refractivity contribution in [1.82, 2.24) is 14.7 Å². The van der Waals surface area contributed by atoms with Crippen molar-refractivity contribution in [3.05, 3.63) is 51.9 Å². The maximum Gasteiger partial charge on any atom is 0.292 e. The van der Waals surface area contributed by atoms with Crippen molar-refractivity contribution in [2.45, 2.75) is 32.5 Å². The van der Waals surface area contributed by atoms with Crippen molar-refractivity contribution in [3.8, 4) is 5.69 Å². The smallest absolute Gasteiger partial charge is 0.292 e. The average molecular weight is 377 g/mol. The molecule has 1 aliphatic rings. The summed E-state index contributed by atoms with van der Waals surface area (Å²) in [6.45, 7) is 7.84. The molecule has 3 rings (SSSR count). The van der Waals surface area contributed by atoms with Gasteiger partial charge in [0.1, 0.15) is 5.02 Å². The zero-order valence-corrected chi connectivity index (χ0v) is 15.9. The van der Waals surface area contributed by atoms with Crippen LogP contribution in [0.2, 0.25) is 5.02 Å². The van der Waals surface area contributed by atoms with Crippen LogP contribution in [0.15, 0.2) is 41.3 Å². The summed E-state index contributed by atoms with van der Waals surface area (Å²) in [5.74, 6) is 0. The van der Waals surface area contributed by atoms with Crippen LogP contribution < -0.4 is 10.9 Å².